The molecule has 1 saturated heterocycles. The van der Waals surface area contributed by atoms with Crippen LogP contribution in [0.4, 0.5) is 18.9 Å². The lowest BCUT2D eigenvalue weighted by molar-refractivity contribution is 0.0694. The molecule has 1 aromatic carbocycles. The van der Waals surface area contributed by atoms with Crippen molar-refractivity contribution in [3.63, 3.8) is 0 Å². The maximum Gasteiger partial charge on any atom is 0.341 e. The predicted molar refractivity (Wildman–Crippen MR) is 97.6 cm³/mol. The summed E-state index contributed by atoms with van der Waals surface area (Å²) >= 11 is 0. The fourth-order valence-corrected chi connectivity index (χ4v) is 3.72. The van der Waals surface area contributed by atoms with Crippen LogP contribution in [-0.4, -0.2) is 40.8 Å². The summed E-state index contributed by atoms with van der Waals surface area (Å²) < 4.78 is 86.4. The summed E-state index contributed by atoms with van der Waals surface area (Å²) in [6.07, 6.45) is -5.49. The second-order valence-corrected chi connectivity index (χ2v) is 7.03. The number of halogens is 3. The normalized spacial score (nSPS) is 30.0. The molecule has 1 aliphatic carbocycles. The SMILES string of the molecule is [2H]C1([2H])C([2H])([2H])C1([2H])n1cc(C(=O)O)c(=O)c2c(F)c(F)c(N3C[C@@H](C)N[C@@H](C)C3)c(F)c21. The van der Waals surface area contributed by atoms with Crippen molar-refractivity contribution in [3.8, 4) is 0 Å². The molecule has 2 atom stereocenters. The molecule has 150 valence electrons. The number of hydrogen-bond acceptors (Lipinski definition) is 4. The number of benzene rings is 1. The average Bonchev–Trinajstić information content (AvgIpc) is 3.01. The Morgan fingerprint density at radius 3 is 2.36 bits per heavy atom. The first kappa shape index (κ1) is 13.6. The summed E-state index contributed by atoms with van der Waals surface area (Å²) in [5, 5.41) is 11.2. The molecule has 0 unspecified atom stereocenters. The first-order chi connectivity index (χ1) is 15.1. The van der Waals surface area contributed by atoms with E-state index in [1.807, 2.05) is 0 Å². The van der Waals surface area contributed by atoms with Crippen molar-refractivity contribution in [2.45, 2.75) is 44.7 Å². The third kappa shape index (κ3) is 2.85. The lowest BCUT2D eigenvalue weighted by Crippen LogP contribution is -2.54. The van der Waals surface area contributed by atoms with E-state index in [1.165, 1.54) is 4.90 Å². The zero-order valence-electron chi connectivity index (χ0n) is 19.9. The van der Waals surface area contributed by atoms with Gasteiger partial charge in [0, 0.05) is 42.9 Å². The van der Waals surface area contributed by atoms with Crippen molar-refractivity contribution in [2.75, 3.05) is 18.0 Å². The molecule has 0 bridgehead atoms. The third-order valence-electron chi connectivity index (χ3n) is 4.83. The Morgan fingerprint density at radius 2 is 1.82 bits per heavy atom. The van der Waals surface area contributed by atoms with E-state index < -0.39 is 69.8 Å². The highest BCUT2D eigenvalue weighted by Crippen LogP contribution is 2.40. The molecule has 2 fully saturated rings. The van der Waals surface area contributed by atoms with Crippen LogP contribution < -0.4 is 15.6 Å². The number of nitrogens with zero attached hydrogens (tertiary/aromatic N) is 2. The molecule has 2 aromatic rings. The molecule has 4 rings (SSSR count). The van der Waals surface area contributed by atoms with Gasteiger partial charge in [-0.05, 0) is 26.6 Å². The third-order valence-corrected chi connectivity index (χ3v) is 4.83. The lowest BCUT2D eigenvalue weighted by atomic mass is 10.1. The molecule has 1 aliphatic heterocycles. The van der Waals surface area contributed by atoms with E-state index in [9.17, 15) is 14.7 Å². The standard InChI is InChI=1S/C19H20F3N3O3/c1-8-5-24(6-9(2)23-8)17-14(21)13(20)12-16(15(17)22)25(10-3-4-10)7-11(18(12)26)19(27)28/h7-10,23H,3-6H2,1-2H3,(H,27,28)/t8-,9+/i3D2,4D2,10D. The number of hydrogen-bond donors (Lipinski definition) is 2. The number of carboxylic acid groups (broad SMARTS) is 1. The fourth-order valence-electron chi connectivity index (χ4n) is 3.72. The number of piperazine rings is 1. The summed E-state index contributed by atoms with van der Waals surface area (Å²) in [5.41, 5.74) is -4.68. The Morgan fingerprint density at radius 1 is 1.21 bits per heavy atom. The summed E-state index contributed by atoms with van der Waals surface area (Å²) in [7, 11) is 0. The number of fused-ring (bicyclic) bond motifs is 1. The fraction of sp³-hybridized carbons (Fsp3) is 0.474. The van der Waals surface area contributed by atoms with Crippen LogP contribution in [0.2, 0.25) is 0 Å². The van der Waals surface area contributed by atoms with E-state index in [0.717, 1.165) is 0 Å². The van der Waals surface area contributed by atoms with Gasteiger partial charge in [-0.15, -0.1) is 0 Å². The summed E-state index contributed by atoms with van der Waals surface area (Å²) in [6.45, 7) is 3.57. The number of aromatic carboxylic acids is 1. The lowest BCUT2D eigenvalue weighted by Gasteiger charge is -2.38. The minimum Gasteiger partial charge on any atom is -0.477 e. The van der Waals surface area contributed by atoms with Crippen LogP contribution in [0.15, 0.2) is 11.0 Å². The molecule has 2 aliphatic rings. The zero-order chi connectivity index (χ0) is 24.8. The quantitative estimate of drug-likeness (QED) is 0.775. The number of aromatic nitrogens is 1. The van der Waals surface area contributed by atoms with E-state index >= 15 is 13.2 Å². The van der Waals surface area contributed by atoms with Gasteiger partial charge in [0.25, 0.3) is 0 Å². The van der Waals surface area contributed by atoms with Crippen LogP contribution in [-0.2, 0) is 0 Å². The molecule has 0 spiro atoms. The van der Waals surface area contributed by atoms with Gasteiger partial charge in [-0.2, -0.15) is 0 Å². The van der Waals surface area contributed by atoms with Crippen LogP contribution in [0.3, 0.4) is 0 Å². The van der Waals surface area contributed by atoms with Crippen LogP contribution in [0.25, 0.3) is 10.9 Å². The van der Waals surface area contributed by atoms with Crippen molar-refractivity contribution in [3.05, 3.63) is 39.4 Å². The number of nitrogens with one attached hydrogen (secondary N) is 1. The Labute approximate surface area is 165 Å². The van der Waals surface area contributed by atoms with Crippen molar-refractivity contribution in [2.24, 2.45) is 0 Å². The Bertz CT molecular complexity index is 1250. The molecule has 2 heterocycles. The Balaban J connectivity index is 2.15. The zero-order valence-corrected chi connectivity index (χ0v) is 14.9. The van der Waals surface area contributed by atoms with Gasteiger partial charge in [0.1, 0.15) is 11.3 Å². The Kier molecular flexibility index (Phi) is 3.16. The molecule has 1 saturated carbocycles. The number of carbonyl (C=O) groups is 1. The van der Waals surface area contributed by atoms with E-state index in [-0.39, 0.29) is 29.7 Å². The molecule has 1 aromatic heterocycles. The maximum absolute atomic E-state index is 15.9. The number of anilines is 1. The molecule has 28 heavy (non-hydrogen) atoms. The van der Waals surface area contributed by atoms with Gasteiger partial charge in [-0.3, -0.25) is 4.79 Å². The van der Waals surface area contributed by atoms with Crippen LogP contribution >= 0.6 is 0 Å². The number of carboxylic acids is 1. The second-order valence-electron chi connectivity index (χ2n) is 7.03. The average molecular weight is 400 g/mol. The summed E-state index contributed by atoms with van der Waals surface area (Å²) in [5.74, 6) is -7.00. The van der Waals surface area contributed by atoms with Crippen molar-refractivity contribution < 1.29 is 29.9 Å². The van der Waals surface area contributed by atoms with Crippen LogP contribution in [0, 0.1) is 17.5 Å². The minimum absolute atomic E-state index is 0.0498. The molecule has 6 nitrogen and oxygen atoms in total. The molecule has 0 amide bonds. The van der Waals surface area contributed by atoms with E-state index in [0.29, 0.717) is 6.20 Å². The van der Waals surface area contributed by atoms with Crippen LogP contribution in [0.5, 0.6) is 0 Å². The smallest absolute Gasteiger partial charge is 0.341 e. The van der Waals surface area contributed by atoms with Crippen LogP contribution in [0.1, 0.15) is 49.8 Å². The van der Waals surface area contributed by atoms with Gasteiger partial charge >= 0.3 is 5.97 Å². The van der Waals surface area contributed by atoms with E-state index in [2.05, 4.69) is 5.32 Å². The molecule has 0 radical (unpaired) electrons. The molecule has 2 N–H and O–H groups in total. The van der Waals surface area contributed by atoms with Gasteiger partial charge in [-0.1, -0.05) is 0 Å². The van der Waals surface area contributed by atoms with Crippen molar-refractivity contribution in [1.29, 1.82) is 0 Å². The highest BCUT2D eigenvalue weighted by molar-refractivity contribution is 5.94. The molecular weight excluding hydrogens is 375 g/mol. The summed E-state index contributed by atoms with van der Waals surface area (Å²) in [4.78, 5) is 25.4. The van der Waals surface area contributed by atoms with Crippen molar-refractivity contribution in [1.82, 2.24) is 9.88 Å². The monoisotopic (exact) mass is 400 g/mol. The van der Waals surface area contributed by atoms with Gasteiger partial charge < -0.3 is 19.9 Å². The minimum atomic E-state index is -2.95. The topological polar surface area (TPSA) is 74.6 Å². The number of rotatable bonds is 3. The van der Waals surface area contributed by atoms with Gasteiger partial charge in [0.2, 0.25) is 5.43 Å². The van der Waals surface area contributed by atoms with Gasteiger partial charge in [0.15, 0.2) is 17.5 Å². The molecular formula is C19H20F3N3O3. The molecule has 9 heteroatoms. The highest BCUT2D eigenvalue weighted by atomic mass is 19.2. The largest absolute Gasteiger partial charge is 0.477 e. The maximum atomic E-state index is 15.9. The van der Waals surface area contributed by atoms with E-state index in [4.69, 9.17) is 6.85 Å². The van der Waals surface area contributed by atoms with Gasteiger partial charge in [-0.25, -0.2) is 18.0 Å². The first-order valence-electron chi connectivity index (χ1n) is 11.1. The Hall–Kier alpha value is -2.55. The predicted octanol–water partition coefficient (Wildman–Crippen LogP) is 2.64. The summed E-state index contributed by atoms with van der Waals surface area (Å²) in [6, 6.07) is -3.45. The first-order valence-corrected chi connectivity index (χ1v) is 8.60. The van der Waals surface area contributed by atoms with Gasteiger partial charge in [0.05, 0.1) is 12.3 Å². The second kappa shape index (κ2) is 6.51. The highest BCUT2D eigenvalue weighted by Gasteiger charge is 2.35. The number of pyridine rings is 1. The van der Waals surface area contributed by atoms with E-state index in [1.54, 1.807) is 13.8 Å². The van der Waals surface area contributed by atoms with Crippen molar-refractivity contribution >= 4 is 22.6 Å².